The summed E-state index contributed by atoms with van der Waals surface area (Å²) in [5.41, 5.74) is 0. The van der Waals surface area contributed by atoms with Crippen molar-refractivity contribution in [3.8, 4) is 0 Å². The third-order valence-electron chi connectivity index (χ3n) is 3.06. The number of carboxylic acid groups (broad SMARTS) is 1. The Bertz CT molecular complexity index is 318. The van der Waals surface area contributed by atoms with Gasteiger partial charge in [-0.15, -0.1) is 0 Å². The molecule has 0 aromatic rings. The van der Waals surface area contributed by atoms with Gasteiger partial charge >= 0.3 is 5.97 Å². The minimum Gasteiger partial charge on any atom is -0.479 e. The molecule has 110 valence electrons. The van der Waals surface area contributed by atoms with Crippen molar-refractivity contribution in [2.45, 2.75) is 39.4 Å². The van der Waals surface area contributed by atoms with Crippen LogP contribution in [0.15, 0.2) is 0 Å². The highest BCUT2D eigenvalue weighted by Crippen LogP contribution is 2.09. The number of ether oxygens (including phenoxy) is 2. The number of rotatable bonds is 6. The van der Waals surface area contributed by atoms with E-state index in [2.05, 4.69) is 13.8 Å². The first kappa shape index (κ1) is 15.9. The van der Waals surface area contributed by atoms with Gasteiger partial charge in [-0.3, -0.25) is 4.79 Å². The smallest absolute Gasteiger partial charge is 0.334 e. The van der Waals surface area contributed by atoms with Crippen molar-refractivity contribution in [2.24, 2.45) is 5.92 Å². The van der Waals surface area contributed by atoms with Gasteiger partial charge in [0.25, 0.3) is 5.91 Å². The molecule has 1 heterocycles. The van der Waals surface area contributed by atoms with Crippen LogP contribution in [0.25, 0.3) is 0 Å². The molecule has 1 rings (SSSR count). The minimum absolute atomic E-state index is 0.0893. The predicted molar refractivity (Wildman–Crippen MR) is 68.8 cm³/mol. The number of carboxylic acids is 1. The third-order valence-corrected chi connectivity index (χ3v) is 3.06. The summed E-state index contributed by atoms with van der Waals surface area (Å²) in [7, 11) is 0. The third kappa shape index (κ3) is 5.16. The molecule has 6 nitrogen and oxygen atoms in total. The molecule has 0 saturated carbocycles. The van der Waals surface area contributed by atoms with E-state index >= 15 is 0 Å². The molecule has 0 bridgehead atoms. The Morgan fingerprint density at radius 2 is 2.11 bits per heavy atom. The van der Waals surface area contributed by atoms with Gasteiger partial charge in [-0.05, 0) is 19.3 Å². The number of nitrogens with zero attached hydrogens (tertiary/aromatic N) is 1. The van der Waals surface area contributed by atoms with Crippen LogP contribution in [0.5, 0.6) is 0 Å². The summed E-state index contributed by atoms with van der Waals surface area (Å²) in [5, 5.41) is 8.88. The summed E-state index contributed by atoms with van der Waals surface area (Å²) in [6.45, 7) is 7.18. The van der Waals surface area contributed by atoms with E-state index in [1.165, 1.54) is 4.90 Å². The first-order valence-electron chi connectivity index (χ1n) is 6.66. The van der Waals surface area contributed by atoms with Crippen molar-refractivity contribution in [1.29, 1.82) is 0 Å². The van der Waals surface area contributed by atoms with E-state index in [4.69, 9.17) is 14.6 Å². The van der Waals surface area contributed by atoms with Gasteiger partial charge in [-0.25, -0.2) is 4.79 Å². The first-order valence-corrected chi connectivity index (χ1v) is 6.66. The van der Waals surface area contributed by atoms with Crippen LogP contribution in [0.1, 0.15) is 27.2 Å². The van der Waals surface area contributed by atoms with Crippen molar-refractivity contribution in [1.82, 2.24) is 4.90 Å². The van der Waals surface area contributed by atoms with Gasteiger partial charge in [0.05, 0.1) is 13.2 Å². The zero-order chi connectivity index (χ0) is 14.4. The molecule has 0 aromatic heterocycles. The normalized spacial score (nSPS) is 21.5. The molecule has 0 radical (unpaired) electrons. The fourth-order valence-corrected chi connectivity index (χ4v) is 1.81. The lowest BCUT2D eigenvalue weighted by molar-refractivity contribution is -0.163. The molecule has 1 saturated heterocycles. The van der Waals surface area contributed by atoms with Gasteiger partial charge in [-0.2, -0.15) is 0 Å². The number of hydrogen-bond acceptors (Lipinski definition) is 4. The lowest BCUT2D eigenvalue weighted by Gasteiger charge is -2.32. The molecule has 0 unspecified atom stereocenters. The zero-order valence-electron chi connectivity index (χ0n) is 11.8. The van der Waals surface area contributed by atoms with Crippen LogP contribution in [-0.2, 0) is 19.1 Å². The maximum Gasteiger partial charge on any atom is 0.334 e. The summed E-state index contributed by atoms with van der Waals surface area (Å²) in [6.07, 6.45) is -0.565. The van der Waals surface area contributed by atoms with Gasteiger partial charge < -0.3 is 19.5 Å². The van der Waals surface area contributed by atoms with Gasteiger partial charge in [-0.1, -0.05) is 13.8 Å². The number of carbonyl (C=O) groups excluding carboxylic acids is 1. The van der Waals surface area contributed by atoms with Gasteiger partial charge in [0, 0.05) is 13.2 Å². The van der Waals surface area contributed by atoms with E-state index in [0.29, 0.717) is 19.1 Å². The predicted octanol–water partition coefficient (Wildman–Crippen LogP) is 0.750. The molecule has 0 aromatic carbocycles. The van der Waals surface area contributed by atoms with E-state index < -0.39 is 18.2 Å². The average molecular weight is 273 g/mol. The van der Waals surface area contributed by atoms with E-state index in [1.54, 1.807) is 6.92 Å². The van der Waals surface area contributed by atoms with Crippen LogP contribution in [-0.4, -0.2) is 60.4 Å². The van der Waals surface area contributed by atoms with E-state index in [-0.39, 0.29) is 19.1 Å². The zero-order valence-corrected chi connectivity index (χ0v) is 11.8. The van der Waals surface area contributed by atoms with Crippen molar-refractivity contribution < 1.29 is 24.2 Å². The number of aliphatic carboxylic acids is 1. The summed E-state index contributed by atoms with van der Waals surface area (Å²) in [6, 6.07) is 0. The fraction of sp³-hybridized carbons (Fsp3) is 0.846. The van der Waals surface area contributed by atoms with Crippen molar-refractivity contribution >= 4 is 11.9 Å². The van der Waals surface area contributed by atoms with Gasteiger partial charge in [0.1, 0.15) is 6.10 Å². The molecule has 0 spiro atoms. The van der Waals surface area contributed by atoms with Gasteiger partial charge in [0.15, 0.2) is 6.10 Å². The molecule has 19 heavy (non-hydrogen) atoms. The van der Waals surface area contributed by atoms with Crippen molar-refractivity contribution in [3.63, 3.8) is 0 Å². The minimum atomic E-state index is -1.04. The monoisotopic (exact) mass is 273 g/mol. The Labute approximate surface area is 113 Å². The standard InChI is InChI=1S/C13H23NO5/c1-9(2)4-6-18-10(3)12(15)14-5-7-19-11(8-14)13(16)17/h9-11H,4-8H2,1-3H3,(H,16,17)/t10-,11-/m0/s1. The second-order valence-corrected chi connectivity index (χ2v) is 5.18. The Hall–Kier alpha value is -1.14. The Morgan fingerprint density at radius 3 is 2.68 bits per heavy atom. The topological polar surface area (TPSA) is 76.1 Å². The summed E-state index contributed by atoms with van der Waals surface area (Å²) < 4.78 is 10.6. The average Bonchev–Trinajstić information content (AvgIpc) is 2.37. The van der Waals surface area contributed by atoms with Crippen LogP contribution in [0, 0.1) is 5.92 Å². The second-order valence-electron chi connectivity index (χ2n) is 5.18. The lowest BCUT2D eigenvalue weighted by Crippen LogP contribution is -2.51. The fourth-order valence-electron chi connectivity index (χ4n) is 1.81. The molecule has 1 N–H and O–H groups in total. The van der Waals surface area contributed by atoms with E-state index in [9.17, 15) is 9.59 Å². The van der Waals surface area contributed by atoms with E-state index in [1.807, 2.05) is 0 Å². The molecule has 1 aliphatic heterocycles. The molecule has 1 fully saturated rings. The summed E-state index contributed by atoms with van der Waals surface area (Å²) in [4.78, 5) is 24.4. The van der Waals surface area contributed by atoms with Crippen LogP contribution in [0.4, 0.5) is 0 Å². The molecule has 2 atom stereocenters. The molecule has 1 aliphatic rings. The van der Waals surface area contributed by atoms with Crippen LogP contribution < -0.4 is 0 Å². The highest BCUT2D eigenvalue weighted by Gasteiger charge is 2.31. The van der Waals surface area contributed by atoms with E-state index in [0.717, 1.165) is 6.42 Å². The maximum atomic E-state index is 12.1. The van der Waals surface area contributed by atoms with Crippen LogP contribution in [0.2, 0.25) is 0 Å². The Kier molecular flexibility index (Phi) is 6.24. The van der Waals surface area contributed by atoms with Gasteiger partial charge in [0.2, 0.25) is 0 Å². The van der Waals surface area contributed by atoms with Crippen LogP contribution in [0.3, 0.4) is 0 Å². The molecular formula is C13H23NO5. The number of morpholine rings is 1. The highest BCUT2D eigenvalue weighted by atomic mass is 16.5. The first-order chi connectivity index (χ1) is 8.91. The quantitative estimate of drug-likeness (QED) is 0.773. The lowest BCUT2D eigenvalue weighted by atomic mass is 10.1. The summed E-state index contributed by atoms with van der Waals surface area (Å²) >= 11 is 0. The van der Waals surface area contributed by atoms with Crippen LogP contribution >= 0.6 is 0 Å². The number of hydrogen-bond donors (Lipinski definition) is 1. The second kappa shape index (κ2) is 7.45. The number of amides is 1. The van der Waals surface area contributed by atoms with Crippen molar-refractivity contribution in [2.75, 3.05) is 26.3 Å². The molecule has 6 heteroatoms. The Balaban J connectivity index is 2.40. The molecule has 1 amide bonds. The van der Waals surface area contributed by atoms with Crippen molar-refractivity contribution in [3.05, 3.63) is 0 Å². The maximum absolute atomic E-state index is 12.1. The SMILES string of the molecule is CC(C)CCO[C@@H](C)C(=O)N1CCO[C@H](C(=O)O)C1. The number of carbonyl (C=O) groups is 2. The Morgan fingerprint density at radius 1 is 1.42 bits per heavy atom. The molecular weight excluding hydrogens is 250 g/mol. The molecule has 0 aliphatic carbocycles. The summed E-state index contributed by atoms with van der Waals surface area (Å²) in [5.74, 6) is -0.675. The largest absolute Gasteiger partial charge is 0.479 e. The highest BCUT2D eigenvalue weighted by molar-refractivity contribution is 5.82.